The van der Waals surface area contributed by atoms with Crippen molar-refractivity contribution in [1.82, 2.24) is 14.8 Å². The lowest BCUT2D eigenvalue weighted by Gasteiger charge is -2.21. The van der Waals surface area contributed by atoms with Crippen LogP contribution in [-0.2, 0) is 4.79 Å². The van der Waals surface area contributed by atoms with Crippen molar-refractivity contribution in [2.45, 2.75) is 13.8 Å². The second-order valence-corrected chi connectivity index (χ2v) is 4.96. The fourth-order valence-corrected chi connectivity index (χ4v) is 1.47. The highest BCUT2D eigenvalue weighted by Gasteiger charge is 2.25. The smallest absolute Gasteiger partial charge is 0.231 e. The first-order chi connectivity index (χ1) is 9.03. The van der Waals surface area contributed by atoms with E-state index in [-0.39, 0.29) is 5.91 Å². The Bertz CT molecular complexity index is 562. The molecule has 0 aliphatic carbocycles. The molecule has 0 saturated heterocycles. The van der Waals surface area contributed by atoms with E-state index in [9.17, 15) is 4.79 Å². The molecule has 2 rings (SSSR count). The Balaban J connectivity index is 2.19. The summed E-state index contributed by atoms with van der Waals surface area (Å²) in [4.78, 5) is 12.0. The standard InChI is InChI=1S/C13H17N5O/c1-13(2,7-14)12(19)17-10-4-3-5-11(6-10)18-8-15-16-9-18/h3-6,8-9H,7,14H2,1-2H3,(H,17,19). The van der Waals surface area contributed by atoms with Crippen LogP contribution in [0, 0.1) is 5.41 Å². The molecule has 0 bridgehead atoms. The average molecular weight is 259 g/mol. The summed E-state index contributed by atoms with van der Waals surface area (Å²) in [5, 5.41) is 10.4. The van der Waals surface area contributed by atoms with Crippen molar-refractivity contribution in [3.05, 3.63) is 36.9 Å². The van der Waals surface area contributed by atoms with Gasteiger partial charge in [-0.15, -0.1) is 10.2 Å². The van der Waals surface area contributed by atoms with Gasteiger partial charge in [0.1, 0.15) is 12.7 Å². The van der Waals surface area contributed by atoms with Crippen LogP contribution in [0.5, 0.6) is 0 Å². The van der Waals surface area contributed by atoms with Crippen LogP contribution in [0.15, 0.2) is 36.9 Å². The minimum Gasteiger partial charge on any atom is -0.329 e. The monoisotopic (exact) mass is 259 g/mol. The lowest BCUT2D eigenvalue weighted by atomic mass is 9.92. The number of aromatic nitrogens is 3. The minimum atomic E-state index is -0.591. The third-order valence-corrected chi connectivity index (χ3v) is 2.95. The fraction of sp³-hybridized carbons (Fsp3) is 0.308. The third kappa shape index (κ3) is 2.97. The molecule has 0 saturated carbocycles. The molecule has 0 fully saturated rings. The summed E-state index contributed by atoms with van der Waals surface area (Å²) < 4.78 is 1.77. The number of hydrogen-bond donors (Lipinski definition) is 2. The molecule has 0 aliphatic heterocycles. The molecule has 6 heteroatoms. The van der Waals surface area contributed by atoms with Crippen molar-refractivity contribution in [2.75, 3.05) is 11.9 Å². The van der Waals surface area contributed by atoms with E-state index in [1.807, 2.05) is 38.1 Å². The summed E-state index contributed by atoms with van der Waals surface area (Å²) in [5.74, 6) is -0.101. The molecule has 1 aromatic carbocycles. The summed E-state index contributed by atoms with van der Waals surface area (Å²) in [6, 6.07) is 7.46. The molecular formula is C13H17N5O. The molecule has 0 unspecified atom stereocenters. The first-order valence-corrected chi connectivity index (χ1v) is 5.99. The Morgan fingerprint density at radius 3 is 2.68 bits per heavy atom. The Morgan fingerprint density at radius 1 is 1.37 bits per heavy atom. The Hall–Kier alpha value is -2.21. The maximum Gasteiger partial charge on any atom is 0.231 e. The van der Waals surface area contributed by atoms with E-state index in [0.29, 0.717) is 6.54 Å². The molecule has 0 spiro atoms. The fourth-order valence-electron chi connectivity index (χ4n) is 1.47. The van der Waals surface area contributed by atoms with Gasteiger partial charge in [-0.2, -0.15) is 0 Å². The van der Waals surface area contributed by atoms with Gasteiger partial charge in [-0.3, -0.25) is 9.36 Å². The second kappa shape index (κ2) is 5.19. The Morgan fingerprint density at radius 2 is 2.05 bits per heavy atom. The van der Waals surface area contributed by atoms with Gasteiger partial charge in [0.15, 0.2) is 0 Å². The molecule has 0 aliphatic rings. The van der Waals surface area contributed by atoms with Crippen LogP contribution in [0.3, 0.4) is 0 Å². The summed E-state index contributed by atoms with van der Waals surface area (Å²) in [7, 11) is 0. The molecule has 1 amide bonds. The zero-order valence-corrected chi connectivity index (χ0v) is 11.0. The third-order valence-electron chi connectivity index (χ3n) is 2.95. The molecule has 19 heavy (non-hydrogen) atoms. The number of carbonyl (C=O) groups excluding carboxylic acids is 1. The van der Waals surface area contributed by atoms with Crippen LogP contribution < -0.4 is 11.1 Å². The quantitative estimate of drug-likeness (QED) is 0.863. The van der Waals surface area contributed by atoms with Crippen LogP contribution in [-0.4, -0.2) is 27.2 Å². The number of amides is 1. The van der Waals surface area contributed by atoms with Crippen molar-refractivity contribution < 1.29 is 4.79 Å². The molecule has 3 N–H and O–H groups in total. The number of hydrogen-bond acceptors (Lipinski definition) is 4. The minimum absolute atomic E-state index is 0.101. The maximum atomic E-state index is 12.0. The van der Waals surface area contributed by atoms with E-state index in [1.165, 1.54) is 0 Å². The number of carbonyl (C=O) groups is 1. The van der Waals surface area contributed by atoms with Crippen molar-refractivity contribution in [3.8, 4) is 5.69 Å². The number of nitrogens with one attached hydrogen (secondary N) is 1. The molecule has 0 radical (unpaired) electrons. The van der Waals surface area contributed by atoms with E-state index in [2.05, 4.69) is 15.5 Å². The largest absolute Gasteiger partial charge is 0.329 e. The summed E-state index contributed by atoms with van der Waals surface area (Å²) >= 11 is 0. The zero-order valence-electron chi connectivity index (χ0n) is 11.0. The molecule has 1 aromatic heterocycles. The van der Waals surface area contributed by atoms with Crippen LogP contribution >= 0.6 is 0 Å². The highest BCUT2D eigenvalue weighted by Crippen LogP contribution is 2.19. The van der Waals surface area contributed by atoms with Gasteiger partial charge in [0.05, 0.1) is 11.1 Å². The molecule has 0 atom stereocenters. The predicted octanol–water partition coefficient (Wildman–Crippen LogP) is 1.19. The summed E-state index contributed by atoms with van der Waals surface area (Å²) in [6.07, 6.45) is 3.20. The lowest BCUT2D eigenvalue weighted by Crippen LogP contribution is -2.37. The molecule has 2 aromatic rings. The Labute approximate surface area is 111 Å². The van der Waals surface area contributed by atoms with Crippen molar-refractivity contribution >= 4 is 11.6 Å². The normalized spacial score (nSPS) is 11.3. The first kappa shape index (κ1) is 13.2. The van der Waals surface area contributed by atoms with E-state index >= 15 is 0 Å². The van der Waals surface area contributed by atoms with E-state index < -0.39 is 5.41 Å². The first-order valence-electron chi connectivity index (χ1n) is 5.99. The van der Waals surface area contributed by atoms with Crippen LogP contribution in [0.1, 0.15) is 13.8 Å². The predicted molar refractivity (Wildman–Crippen MR) is 72.8 cm³/mol. The summed E-state index contributed by atoms with van der Waals surface area (Å²) in [5.41, 5.74) is 6.60. The zero-order chi connectivity index (χ0) is 13.9. The Kier molecular flexibility index (Phi) is 3.62. The highest BCUT2D eigenvalue weighted by atomic mass is 16.2. The van der Waals surface area contributed by atoms with E-state index in [1.54, 1.807) is 17.2 Å². The topological polar surface area (TPSA) is 85.8 Å². The number of benzene rings is 1. The van der Waals surface area contributed by atoms with Crippen LogP contribution in [0.4, 0.5) is 5.69 Å². The molecule has 100 valence electrons. The molecule has 6 nitrogen and oxygen atoms in total. The SMILES string of the molecule is CC(C)(CN)C(=O)Nc1cccc(-n2cnnc2)c1. The van der Waals surface area contributed by atoms with Crippen molar-refractivity contribution in [2.24, 2.45) is 11.1 Å². The molecule has 1 heterocycles. The van der Waals surface area contributed by atoms with Crippen LogP contribution in [0.25, 0.3) is 5.69 Å². The van der Waals surface area contributed by atoms with Crippen molar-refractivity contribution in [1.29, 1.82) is 0 Å². The van der Waals surface area contributed by atoms with E-state index in [0.717, 1.165) is 11.4 Å². The molecular weight excluding hydrogens is 242 g/mol. The van der Waals surface area contributed by atoms with Gasteiger partial charge in [-0.25, -0.2) is 0 Å². The van der Waals surface area contributed by atoms with Gasteiger partial charge in [0.2, 0.25) is 5.91 Å². The number of rotatable bonds is 4. The van der Waals surface area contributed by atoms with E-state index in [4.69, 9.17) is 5.73 Å². The van der Waals surface area contributed by atoms with Crippen molar-refractivity contribution in [3.63, 3.8) is 0 Å². The number of nitrogens with two attached hydrogens (primary N) is 1. The second-order valence-electron chi connectivity index (χ2n) is 4.96. The number of anilines is 1. The van der Waals surface area contributed by atoms with Gasteiger partial charge in [0.25, 0.3) is 0 Å². The average Bonchev–Trinajstić information content (AvgIpc) is 2.93. The van der Waals surface area contributed by atoms with Gasteiger partial charge < -0.3 is 11.1 Å². The van der Waals surface area contributed by atoms with Gasteiger partial charge >= 0.3 is 0 Å². The lowest BCUT2D eigenvalue weighted by molar-refractivity contribution is -0.123. The highest BCUT2D eigenvalue weighted by molar-refractivity contribution is 5.95. The maximum absolute atomic E-state index is 12.0. The number of nitrogens with zero attached hydrogens (tertiary/aromatic N) is 3. The van der Waals surface area contributed by atoms with Crippen LogP contribution in [0.2, 0.25) is 0 Å². The van der Waals surface area contributed by atoms with Gasteiger partial charge in [-0.05, 0) is 32.0 Å². The van der Waals surface area contributed by atoms with Gasteiger partial charge in [0, 0.05) is 12.2 Å². The summed E-state index contributed by atoms with van der Waals surface area (Å²) in [6.45, 7) is 3.92. The van der Waals surface area contributed by atoms with Gasteiger partial charge in [-0.1, -0.05) is 6.07 Å².